The number of amides is 1. The second-order valence-corrected chi connectivity index (χ2v) is 3.14. The number of benzene rings is 1. The van der Waals surface area contributed by atoms with Gasteiger partial charge < -0.3 is 5.73 Å². The molecule has 0 saturated heterocycles. The smallest absolute Gasteiger partial charge is 0.248 e. The molecule has 2 N–H and O–H groups in total. The molecular formula is C10H15NO. The molecule has 0 radical (unpaired) electrons. The Balaban J connectivity index is 0.00000144. The van der Waals surface area contributed by atoms with E-state index >= 15 is 0 Å². The molecule has 66 valence electrons. The Kier molecular flexibility index (Phi) is 2.48. The van der Waals surface area contributed by atoms with E-state index in [2.05, 4.69) is 13.8 Å². The summed E-state index contributed by atoms with van der Waals surface area (Å²) in [6.07, 6.45) is 0. The molecule has 1 amide bonds. The van der Waals surface area contributed by atoms with Crippen LogP contribution in [0.1, 0.15) is 37.1 Å². The summed E-state index contributed by atoms with van der Waals surface area (Å²) in [5, 5.41) is 0. The molecule has 2 nitrogen and oxygen atoms in total. The van der Waals surface area contributed by atoms with Crippen molar-refractivity contribution in [3.8, 4) is 0 Å². The van der Waals surface area contributed by atoms with Crippen molar-refractivity contribution < 1.29 is 6.22 Å². The van der Waals surface area contributed by atoms with E-state index < -0.39 is 0 Å². The summed E-state index contributed by atoms with van der Waals surface area (Å²) < 4.78 is 0. The van der Waals surface area contributed by atoms with Gasteiger partial charge in [-0.15, -0.1) is 0 Å². The quantitative estimate of drug-likeness (QED) is 0.717. The summed E-state index contributed by atoms with van der Waals surface area (Å²) in [7, 11) is 0. The minimum Gasteiger partial charge on any atom is -0.366 e. The Morgan fingerprint density at radius 2 is 1.83 bits per heavy atom. The summed E-state index contributed by atoms with van der Waals surface area (Å²) in [5.41, 5.74) is 6.89. The number of nitrogens with two attached hydrogens (primary N) is 1. The van der Waals surface area contributed by atoms with Crippen LogP contribution >= 0.6 is 0 Å². The molecule has 0 atom stereocenters. The lowest BCUT2D eigenvalue weighted by Crippen LogP contribution is -2.10. The molecule has 2 heteroatoms. The van der Waals surface area contributed by atoms with Gasteiger partial charge in [-0.3, -0.25) is 4.79 Å². The first-order chi connectivity index (χ1) is 5.61. The fourth-order valence-electron chi connectivity index (χ4n) is 1.03. The van der Waals surface area contributed by atoms with Gasteiger partial charge in [0, 0.05) is 6.99 Å². The van der Waals surface area contributed by atoms with Gasteiger partial charge in [-0.25, -0.2) is 0 Å². The van der Waals surface area contributed by atoms with Crippen molar-refractivity contribution in [1.29, 1.82) is 0 Å². The number of hydrogen-bond acceptors (Lipinski definition) is 1. The Morgan fingerprint density at radius 3 is 2.17 bits per heavy atom. The SMILES string of the molecule is CC(C)c1ccc(C(N)=O)cc1.[HH]. The summed E-state index contributed by atoms with van der Waals surface area (Å²) in [6, 6.07) is 7.39. The highest BCUT2D eigenvalue weighted by molar-refractivity contribution is 5.92. The van der Waals surface area contributed by atoms with Crippen LogP contribution < -0.4 is 5.73 Å². The number of rotatable bonds is 2. The van der Waals surface area contributed by atoms with Gasteiger partial charge in [-0.05, 0) is 23.6 Å². The first-order valence-corrected chi connectivity index (χ1v) is 4.01. The molecule has 12 heavy (non-hydrogen) atoms. The molecule has 0 heterocycles. The summed E-state index contributed by atoms with van der Waals surface area (Å²) in [6.45, 7) is 4.22. The predicted molar refractivity (Wildman–Crippen MR) is 51.2 cm³/mol. The van der Waals surface area contributed by atoms with Crippen molar-refractivity contribution in [2.45, 2.75) is 19.8 Å². The van der Waals surface area contributed by atoms with Gasteiger partial charge in [-0.1, -0.05) is 26.0 Å². The van der Waals surface area contributed by atoms with E-state index in [1.54, 1.807) is 12.1 Å². The maximum absolute atomic E-state index is 10.7. The van der Waals surface area contributed by atoms with Crippen LogP contribution in [0, 0.1) is 0 Å². The molecule has 1 rings (SSSR count). The third-order valence-corrected chi connectivity index (χ3v) is 1.86. The van der Waals surface area contributed by atoms with Gasteiger partial charge in [0.15, 0.2) is 0 Å². The Labute approximate surface area is 73.9 Å². The Hall–Kier alpha value is -1.31. The van der Waals surface area contributed by atoms with Crippen molar-refractivity contribution in [2.24, 2.45) is 5.73 Å². The van der Waals surface area contributed by atoms with Crippen LogP contribution in [-0.2, 0) is 0 Å². The molecule has 0 fully saturated rings. The predicted octanol–water partition coefficient (Wildman–Crippen LogP) is 2.15. The molecule has 1 aromatic carbocycles. The van der Waals surface area contributed by atoms with Gasteiger partial charge in [0.1, 0.15) is 0 Å². The Morgan fingerprint density at radius 1 is 1.33 bits per heavy atom. The minimum atomic E-state index is -0.370. The summed E-state index contributed by atoms with van der Waals surface area (Å²) in [5.74, 6) is 0.122. The molecule has 1 aromatic rings. The molecule has 0 aromatic heterocycles. The second-order valence-electron chi connectivity index (χ2n) is 3.14. The highest BCUT2D eigenvalue weighted by Crippen LogP contribution is 2.14. The molecule has 0 bridgehead atoms. The number of carbonyl (C=O) groups is 1. The van der Waals surface area contributed by atoms with Crippen molar-refractivity contribution in [2.75, 3.05) is 0 Å². The lowest BCUT2D eigenvalue weighted by Gasteiger charge is -2.04. The monoisotopic (exact) mass is 165 g/mol. The van der Waals surface area contributed by atoms with Crippen LogP contribution in [0.4, 0.5) is 0 Å². The molecular weight excluding hydrogens is 150 g/mol. The normalized spacial score (nSPS) is 10.2. The molecule has 0 aliphatic carbocycles. The zero-order valence-electron chi connectivity index (χ0n) is 7.37. The van der Waals surface area contributed by atoms with E-state index in [0.717, 1.165) is 0 Å². The van der Waals surface area contributed by atoms with Gasteiger partial charge in [0.25, 0.3) is 0 Å². The first-order valence-electron chi connectivity index (χ1n) is 4.01. The zero-order valence-corrected chi connectivity index (χ0v) is 7.37. The third-order valence-electron chi connectivity index (χ3n) is 1.86. The van der Waals surface area contributed by atoms with Crippen LogP contribution in [-0.4, -0.2) is 5.91 Å². The third kappa shape index (κ3) is 1.84. The molecule has 0 aliphatic heterocycles. The van der Waals surface area contributed by atoms with Crippen molar-refractivity contribution in [3.05, 3.63) is 35.4 Å². The van der Waals surface area contributed by atoms with E-state index in [1.165, 1.54) is 5.56 Å². The van der Waals surface area contributed by atoms with E-state index in [4.69, 9.17) is 5.73 Å². The molecule has 0 spiro atoms. The average molecular weight is 165 g/mol. The van der Waals surface area contributed by atoms with E-state index in [1.807, 2.05) is 12.1 Å². The number of carbonyl (C=O) groups excluding carboxylic acids is 1. The maximum Gasteiger partial charge on any atom is 0.248 e. The maximum atomic E-state index is 10.7. The van der Waals surface area contributed by atoms with Gasteiger partial charge >= 0.3 is 0 Å². The van der Waals surface area contributed by atoms with Gasteiger partial charge in [0.2, 0.25) is 5.91 Å². The average Bonchev–Trinajstić information content (AvgIpc) is 2.04. The molecule has 0 saturated carbocycles. The van der Waals surface area contributed by atoms with Crippen LogP contribution in [0.2, 0.25) is 0 Å². The van der Waals surface area contributed by atoms with Crippen LogP contribution in [0.15, 0.2) is 24.3 Å². The minimum absolute atomic E-state index is 0. The lowest BCUT2D eigenvalue weighted by molar-refractivity contribution is 0.100. The van der Waals surface area contributed by atoms with Crippen molar-refractivity contribution in [3.63, 3.8) is 0 Å². The number of primary amides is 1. The fraction of sp³-hybridized carbons (Fsp3) is 0.300. The second kappa shape index (κ2) is 3.39. The molecule has 0 aliphatic rings. The standard InChI is InChI=1S/C10H13NO.H2/c1-7(2)8-3-5-9(6-4-8)10(11)12;/h3-7H,1-2H3,(H2,11,12);1H. The highest BCUT2D eigenvalue weighted by atomic mass is 16.1. The Bertz CT molecular complexity index is 279. The highest BCUT2D eigenvalue weighted by Gasteiger charge is 2.01. The fourth-order valence-corrected chi connectivity index (χ4v) is 1.03. The van der Waals surface area contributed by atoms with E-state index in [9.17, 15) is 4.79 Å². The van der Waals surface area contributed by atoms with Gasteiger partial charge in [-0.2, -0.15) is 0 Å². The topological polar surface area (TPSA) is 43.1 Å². The van der Waals surface area contributed by atoms with E-state index in [0.29, 0.717) is 11.5 Å². The van der Waals surface area contributed by atoms with Crippen molar-refractivity contribution >= 4 is 5.91 Å². The van der Waals surface area contributed by atoms with Crippen LogP contribution in [0.25, 0.3) is 0 Å². The largest absolute Gasteiger partial charge is 0.366 e. The van der Waals surface area contributed by atoms with Crippen LogP contribution in [0.5, 0.6) is 0 Å². The molecule has 0 unspecified atom stereocenters. The summed E-state index contributed by atoms with van der Waals surface area (Å²) >= 11 is 0. The summed E-state index contributed by atoms with van der Waals surface area (Å²) in [4.78, 5) is 10.7. The van der Waals surface area contributed by atoms with E-state index in [-0.39, 0.29) is 7.33 Å². The zero-order chi connectivity index (χ0) is 9.14. The lowest BCUT2D eigenvalue weighted by atomic mass is 10.0. The van der Waals surface area contributed by atoms with Gasteiger partial charge in [0.05, 0.1) is 0 Å². The van der Waals surface area contributed by atoms with Crippen LogP contribution in [0.3, 0.4) is 0 Å². The van der Waals surface area contributed by atoms with Crippen molar-refractivity contribution in [1.82, 2.24) is 0 Å². The first kappa shape index (κ1) is 8.78. The number of hydrogen-bond donors (Lipinski definition) is 1.